The topological polar surface area (TPSA) is 47.6 Å². The number of benzene rings is 2. The van der Waals surface area contributed by atoms with Gasteiger partial charge in [-0.1, -0.05) is 6.92 Å². The first kappa shape index (κ1) is 16.6. The molecule has 0 saturated carbocycles. The lowest BCUT2D eigenvalue weighted by Crippen LogP contribution is -2.13. The van der Waals surface area contributed by atoms with Gasteiger partial charge in [-0.25, -0.2) is 0 Å². The first-order valence-electron chi connectivity index (χ1n) is 6.90. The number of carbonyl (C=O) groups is 1. The summed E-state index contributed by atoms with van der Waals surface area (Å²) in [5, 5.41) is 2.96. The molecule has 0 radical (unpaired) electrons. The second-order valence-electron chi connectivity index (χ2n) is 4.68. The molecule has 0 unspecified atom stereocenters. The van der Waals surface area contributed by atoms with Gasteiger partial charge in [-0.3, -0.25) is 4.79 Å². The van der Waals surface area contributed by atoms with Gasteiger partial charge in [0.1, 0.15) is 0 Å². The predicted octanol–water partition coefficient (Wildman–Crippen LogP) is 4.12. The number of carbonyl (C=O) groups excluding carboxylic acids is 1. The quantitative estimate of drug-likeness (QED) is 0.754. The van der Waals surface area contributed by atoms with E-state index in [2.05, 4.69) is 40.9 Å². The van der Waals surface area contributed by atoms with Crippen molar-refractivity contribution < 1.29 is 14.3 Å². The van der Waals surface area contributed by atoms with Gasteiger partial charge < -0.3 is 14.8 Å². The Morgan fingerprint density at radius 3 is 2.45 bits per heavy atom. The van der Waals surface area contributed by atoms with Crippen molar-refractivity contribution in [1.82, 2.24) is 0 Å². The number of hydrogen-bond acceptors (Lipinski definition) is 3. The van der Waals surface area contributed by atoms with Crippen LogP contribution in [0.2, 0.25) is 0 Å². The first-order valence-corrected chi connectivity index (χ1v) is 7.98. The van der Waals surface area contributed by atoms with Crippen LogP contribution in [0, 0.1) is 3.57 Å². The summed E-state index contributed by atoms with van der Waals surface area (Å²) in [6.07, 6.45) is 0.860. The lowest BCUT2D eigenvalue weighted by molar-refractivity contribution is 0.102. The van der Waals surface area contributed by atoms with Crippen molar-refractivity contribution >= 4 is 34.2 Å². The molecule has 0 spiro atoms. The normalized spacial score (nSPS) is 10.2. The number of halogens is 1. The largest absolute Gasteiger partial charge is 0.493 e. The Morgan fingerprint density at radius 1 is 1.09 bits per heavy atom. The zero-order chi connectivity index (χ0) is 16.1. The van der Waals surface area contributed by atoms with Gasteiger partial charge in [0.25, 0.3) is 5.91 Å². The fraction of sp³-hybridized carbons (Fsp3) is 0.235. The summed E-state index contributed by atoms with van der Waals surface area (Å²) in [7, 11) is 3.12. The number of anilines is 1. The van der Waals surface area contributed by atoms with Crippen LogP contribution in [0.3, 0.4) is 0 Å². The van der Waals surface area contributed by atoms with Gasteiger partial charge in [-0.2, -0.15) is 0 Å². The number of rotatable bonds is 5. The minimum atomic E-state index is -0.170. The molecular formula is C17H18INO3. The zero-order valence-corrected chi connectivity index (χ0v) is 14.9. The SMILES string of the molecule is CCc1cc(I)ccc1NC(=O)c1ccc(OC)c(OC)c1. The van der Waals surface area contributed by atoms with Crippen LogP contribution in [-0.2, 0) is 6.42 Å². The van der Waals surface area contributed by atoms with Crippen LogP contribution in [0.4, 0.5) is 5.69 Å². The van der Waals surface area contributed by atoms with Gasteiger partial charge >= 0.3 is 0 Å². The summed E-state index contributed by atoms with van der Waals surface area (Å²) < 4.78 is 11.6. The molecule has 22 heavy (non-hydrogen) atoms. The van der Waals surface area contributed by atoms with Crippen molar-refractivity contribution in [2.24, 2.45) is 0 Å². The molecule has 0 saturated heterocycles. The number of nitrogens with one attached hydrogen (secondary N) is 1. The Hall–Kier alpha value is -1.76. The number of ether oxygens (including phenoxy) is 2. The van der Waals surface area contributed by atoms with Crippen molar-refractivity contribution in [3.63, 3.8) is 0 Å². The molecule has 0 fully saturated rings. The molecule has 1 amide bonds. The van der Waals surface area contributed by atoms with Gasteiger partial charge in [0.15, 0.2) is 11.5 Å². The second kappa shape index (κ2) is 7.49. The molecule has 0 aliphatic carbocycles. The average molecular weight is 411 g/mol. The van der Waals surface area contributed by atoms with Crippen LogP contribution in [0.5, 0.6) is 11.5 Å². The maximum absolute atomic E-state index is 12.4. The lowest BCUT2D eigenvalue weighted by atomic mass is 10.1. The van der Waals surface area contributed by atoms with E-state index in [0.29, 0.717) is 17.1 Å². The highest BCUT2D eigenvalue weighted by atomic mass is 127. The minimum absolute atomic E-state index is 0.170. The first-order chi connectivity index (χ1) is 10.6. The van der Waals surface area contributed by atoms with E-state index in [1.165, 1.54) is 0 Å². The molecule has 0 aliphatic heterocycles. The second-order valence-corrected chi connectivity index (χ2v) is 5.92. The van der Waals surface area contributed by atoms with E-state index in [1.807, 2.05) is 12.1 Å². The van der Waals surface area contributed by atoms with Crippen molar-refractivity contribution in [3.05, 3.63) is 51.1 Å². The number of aryl methyl sites for hydroxylation is 1. The number of methoxy groups -OCH3 is 2. The molecule has 2 aromatic rings. The molecule has 0 heterocycles. The van der Waals surface area contributed by atoms with E-state index in [9.17, 15) is 4.79 Å². The Kier molecular flexibility index (Phi) is 5.65. The molecule has 2 aromatic carbocycles. The maximum atomic E-state index is 12.4. The third-order valence-electron chi connectivity index (χ3n) is 3.34. The van der Waals surface area contributed by atoms with Crippen LogP contribution in [0.15, 0.2) is 36.4 Å². The van der Waals surface area contributed by atoms with Crippen LogP contribution in [0.1, 0.15) is 22.8 Å². The van der Waals surface area contributed by atoms with Crippen LogP contribution in [-0.4, -0.2) is 20.1 Å². The predicted molar refractivity (Wildman–Crippen MR) is 96.0 cm³/mol. The summed E-state index contributed by atoms with van der Waals surface area (Å²) in [4.78, 5) is 12.4. The van der Waals surface area contributed by atoms with Crippen LogP contribution in [0.25, 0.3) is 0 Å². The fourth-order valence-corrected chi connectivity index (χ4v) is 2.70. The highest BCUT2D eigenvalue weighted by Gasteiger charge is 2.12. The van der Waals surface area contributed by atoms with Gasteiger partial charge in [0, 0.05) is 14.8 Å². The smallest absolute Gasteiger partial charge is 0.255 e. The van der Waals surface area contributed by atoms with Gasteiger partial charge in [-0.05, 0) is 71.0 Å². The monoisotopic (exact) mass is 411 g/mol. The molecule has 1 N–H and O–H groups in total. The lowest BCUT2D eigenvalue weighted by Gasteiger charge is -2.12. The Morgan fingerprint density at radius 2 is 1.82 bits per heavy atom. The van der Waals surface area contributed by atoms with Crippen LogP contribution < -0.4 is 14.8 Å². The van der Waals surface area contributed by atoms with Gasteiger partial charge in [0.05, 0.1) is 14.2 Å². The van der Waals surface area contributed by atoms with E-state index < -0.39 is 0 Å². The average Bonchev–Trinajstić information content (AvgIpc) is 2.55. The van der Waals surface area contributed by atoms with E-state index in [4.69, 9.17) is 9.47 Å². The van der Waals surface area contributed by atoms with Crippen molar-refractivity contribution in [2.45, 2.75) is 13.3 Å². The van der Waals surface area contributed by atoms with Crippen molar-refractivity contribution in [3.8, 4) is 11.5 Å². The van der Waals surface area contributed by atoms with Crippen molar-refractivity contribution in [2.75, 3.05) is 19.5 Å². The van der Waals surface area contributed by atoms with Crippen molar-refractivity contribution in [1.29, 1.82) is 0 Å². The summed E-state index contributed by atoms with van der Waals surface area (Å²) >= 11 is 2.26. The fourth-order valence-electron chi connectivity index (χ4n) is 2.15. The maximum Gasteiger partial charge on any atom is 0.255 e. The highest BCUT2D eigenvalue weighted by molar-refractivity contribution is 14.1. The Bertz CT molecular complexity index is 686. The summed E-state index contributed by atoms with van der Waals surface area (Å²) in [6, 6.07) is 11.1. The van der Waals surface area contributed by atoms with Gasteiger partial charge in [-0.15, -0.1) is 0 Å². The van der Waals surface area contributed by atoms with Gasteiger partial charge in [0.2, 0.25) is 0 Å². The number of hydrogen-bond donors (Lipinski definition) is 1. The third-order valence-corrected chi connectivity index (χ3v) is 4.01. The molecule has 116 valence electrons. The Balaban J connectivity index is 2.26. The van der Waals surface area contributed by atoms with Crippen LogP contribution >= 0.6 is 22.6 Å². The molecule has 4 nitrogen and oxygen atoms in total. The summed E-state index contributed by atoms with van der Waals surface area (Å²) in [5.41, 5.74) is 2.47. The zero-order valence-electron chi connectivity index (χ0n) is 12.8. The van der Waals surface area contributed by atoms with E-state index in [1.54, 1.807) is 32.4 Å². The van der Waals surface area contributed by atoms with E-state index >= 15 is 0 Å². The summed E-state index contributed by atoms with van der Waals surface area (Å²) in [6.45, 7) is 2.07. The minimum Gasteiger partial charge on any atom is -0.493 e. The molecule has 0 aromatic heterocycles. The Labute approximate surface area is 144 Å². The molecule has 0 bridgehead atoms. The molecule has 5 heteroatoms. The molecular weight excluding hydrogens is 393 g/mol. The van der Waals surface area contributed by atoms with E-state index in [0.717, 1.165) is 21.2 Å². The standard InChI is InChI=1S/C17H18INO3/c1-4-11-9-13(18)6-7-14(11)19-17(20)12-5-8-15(21-2)16(10-12)22-3/h5-10H,4H2,1-3H3,(H,19,20). The third kappa shape index (κ3) is 3.71. The summed E-state index contributed by atoms with van der Waals surface area (Å²) in [5.74, 6) is 0.966. The molecule has 2 rings (SSSR count). The molecule has 0 aliphatic rings. The highest BCUT2D eigenvalue weighted by Crippen LogP contribution is 2.28. The number of amides is 1. The molecule has 0 atom stereocenters. The van der Waals surface area contributed by atoms with E-state index in [-0.39, 0.29) is 5.91 Å².